The second kappa shape index (κ2) is 6.77. The number of aromatic nitrogens is 3. The highest BCUT2D eigenvalue weighted by Gasteiger charge is 2.25. The number of piperidine rings is 1. The van der Waals surface area contributed by atoms with Crippen LogP contribution in [0, 0.1) is 0 Å². The van der Waals surface area contributed by atoms with Crippen LogP contribution in [0.4, 0.5) is 11.9 Å². The topological polar surface area (TPSA) is 45.2 Å². The van der Waals surface area contributed by atoms with Gasteiger partial charge in [0.05, 0.1) is 0 Å². The summed E-state index contributed by atoms with van der Waals surface area (Å²) in [7, 11) is 0. The molecule has 1 aromatic heterocycles. The van der Waals surface area contributed by atoms with E-state index in [1.807, 2.05) is 0 Å². The molecule has 0 bridgehead atoms. The van der Waals surface area contributed by atoms with E-state index in [9.17, 15) is 0 Å². The maximum absolute atomic E-state index is 6.16. The Morgan fingerprint density at radius 3 is 2.43 bits per heavy atom. The van der Waals surface area contributed by atoms with Gasteiger partial charge in [-0.1, -0.05) is 12.8 Å². The Hall–Kier alpha value is -1.10. The molecule has 0 aromatic carbocycles. The molecule has 0 N–H and O–H groups in total. The van der Waals surface area contributed by atoms with Gasteiger partial charge in [0.25, 0.3) is 0 Å². The summed E-state index contributed by atoms with van der Waals surface area (Å²) in [5.41, 5.74) is 0. The minimum Gasteiger partial charge on any atom is -0.341 e. The first-order valence-electron chi connectivity index (χ1n) is 8.21. The number of rotatable bonds is 4. The van der Waals surface area contributed by atoms with Crippen LogP contribution in [0.15, 0.2) is 0 Å². The summed E-state index contributed by atoms with van der Waals surface area (Å²) in [5.74, 6) is 1.51. The van der Waals surface area contributed by atoms with Crippen LogP contribution in [0.1, 0.15) is 51.9 Å². The van der Waals surface area contributed by atoms with Crippen LogP contribution in [0.25, 0.3) is 0 Å². The lowest BCUT2D eigenvalue weighted by molar-refractivity contribution is 0.563. The van der Waals surface area contributed by atoms with Crippen LogP contribution in [-0.2, 0) is 0 Å². The molecule has 1 saturated carbocycles. The molecule has 3 rings (SSSR count). The van der Waals surface area contributed by atoms with Gasteiger partial charge in [-0.2, -0.15) is 15.0 Å². The fourth-order valence-corrected chi connectivity index (χ4v) is 3.62. The smallest absolute Gasteiger partial charge is 0.231 e. The molecule has 116 valence electrons. The fourth-order valence-electron chi connectivity index (χ4n) is 3.47. The summed E-state index contributed by atoms with van der Waals surface area (Å²) in [5, 5.41) is 0.317. The summed E-state index contributed by atoms with van der Waals surface area (Å²) in [6, 6.07) is 0.558. The van der Waals surface area contributed by atoms with Gasteiger partial charge in [-0.25, -0.2) is 0 Å². The lowest BCUT2D eigenvalue weighted by Gasteiger charge is -2.30. The second-order valence-electron chi connectivity index (χ2n) is 5.98. The molecule has 1 saturated heterocycles. The minimum absolute atomic E-state index is 0.317. The van der Waals surface area contributed by atoms with E-state index in [1.165, 1.54) is 44.9 Å². The summed E-state index contributed by atoms with van der Waals surface area (Å²) in [6.45, 7) is 5.13. The maximum Gasteiger partial charge on any atom is 0.231 e. The molecule has 1 aromatic rings. The molecule has 0 amide bonds. The fraction of sp³-hybridized carbons (Fsp3) is 0.800. The van der Waals surface area contributed by atoms with Crippen molar-refractivity contribution in [1.29, 1.82) is 0 Å². The van der Waals surface area contributed by atoms with Crippen LogP contribution in [0.2, 0.25) is 5.28 Å². The highest BCUT2D eigenvalue weighted by molar-refractivity contribution is 6.28. The molecular weight excluding hydrogens is 286 g/mol. The van der Waals surface area contributed by atoms with E-state index in [1.54, 1.807) is 0 Å². The molecule has 0 spiro atoms. The van der Waals surface area contributed by atoms with E-state index in [4.69, 9.17) is 16.6 Å². The molecule has 0 unspecified atom stereocenters. The number of anilines is 2. The van der Waals surface area contributed by atoms with E-state index in [0.29, 0.717) is 11.3 Å². The van der Waals surface area contributed by atoms with Crippen LogP contribution in [-0.4, -0.2) is 40.6 Å². The van der Waals surface area contributed by atoms with Gasteiger partial charge in [-0.05, 0) is 50.6 Å². The van der Waals surface area contributed by atoms with Gasteiger partial charge < -0.3 is 9.80 Å². The van der Waals surface area contributed by atoms with E-state index in [0.717, 1.165) is 31.5 Å². The Balaban J connectivity index is 1.85. The van der Waals surface area contributed by atoms with Gasteiger partial charge in [-0.15, -0.1) is 0 Å². The van der Waals surface area contributed by atoms with E-state index >= 15 is 0 Å². The molecule has 6 heteroatoms. The van der Waals surface area contributed by atoms with Gasteiger partial charge >= 0.3 is 0 Å². The predicted molar refractivity (Wildman–Crippen MR) is 86.2 cm³/mol. The molecule has 1 aliphatic heterocycles. The van der Waals surface area contributed by atoms with Crippen molar-refractivity contribution in [1.82, 2.24) is 15.0 Å². The zero-order chi connectivity index (χ0) is 14.7. The molecule has 0 radical (unpaired) electrons. The molecule has 0 atom stereocenters. The highest BCUT2D eigenvalue weighted by Crippen LogP contribution is 2.28. The van der Waals surface area contributed by atoms with Crippen molar-refractivity contribution in [3.8, 4) is 0 Å². The number of nitrogens with zero attached hydrogens (tertiary/aromatic N) is 5. The summed E-state index contributed by atoms with van der Waals surface area (Å²) >= 11 is 6.16. The Morgan fingerprint density at radius 1 is 1.05 bits per heavy atom. The summed E-state index contributed by atoms with van der Waals surface area (Å²) in [4.78, 5) is 18.0. The standard InChI is InChI=1S/C15H24ClN5/c1-2-21(12-8-4-5-9-12)15-18-13(16)17-14(19-15)20-10-6-3-7-11-20/h12H,2-11H2,1H3. The number of halogens is 1. The second-order valence-corrected chi connectivity index (χ2v) is 6.31. The van der Waals surface area contributed by atoms with E-state index in [-0.39, 0.29) is 0 Å². The average Bonchev–Trinajstić information content (AvgIpc) is 3.02. The van der Waals surface area contributed by atoms with Crippen molar-refractivity contribution in [3.63, 3.8) is 0 Å². The third kappa shape index (κ3) is 3.39. The zero-order valence-corrected chi connectivity index (χ0v) is 13.5. The Labute approximate surface area is 131 Å². The van der Waals surface area contributed by atoms with Gasteiger partial charge in [0, 0.05) is 25.7 Å². The molecule has 2 aliphatic rings. The third-order valence-corrected chi connectivity index (χ3v) is 4.76. The lowest BCUT2D eigenvalue weighted by atomic mass is 10.1. The molecule has 1 aliphatic carbocycles. The van der Waals surface area contributed by atoms with Crippen LogP contribution in [0.3, 0.4) is 0 Å². The monoisotopic (exact) mass is 309 g/mol. The van der Waals surface area contributed by atoms with Crippen molar-refractivity contribution in [2.45, 2.75) is 57.9 Å². The van der Waals surface area contributed by atoms with Gasteiger partial charge in [0.2, 0.25) is 17.2 Å². The number of hydrogen-bond donors (Lipinski definition) is 0. The first-order chi connectivity index (χ1) is 10.3. The van der Waals surface area contributed by atoms with Crippen LogP contribution >= 0.6 is 11.6 Å². The van der Waals surface area contributed by atoms with Crippen molar-refractivity contribution in [2.75, 3.05) is 29.4 Å². The summed E-state index contributed by atoms with van der Waals surface area (Å²) in [6.07, 6.45) is 8.78. The first-order valence-corrected chi connectivity index (χ1v) is 8.59. The average molecular weight is 310 g/mol. The third-order valence-electron chi connectivity index (χ3n) is 4.59. The minimum atomic E-state index is 0.317. The quantitative estimate of drug-likeness (QED) is 0.854. The SMILES string of the molecule is CCN(c1nc(Cl)nc(N2CCCCC2)n1)C1CCCC1. The van der Waals surface area contributed by atoms with Crippen LogP contribution < -0.4 is 9.80 Å². The Morgan fingerprint density at radius 2 is 1.76 bits per heavy atom. The maximum atomic E-state index is 6.16. The molecule has 2 fully saturated rings. The van der Waals surface area contributed by atoms with Crippen molar-refractivity contribution in [3.05, 3.63) is 5.28 Å². The lowest BCUT2D eigenvalue weighted by Crippen LogP contribution is -2.36. The first kappa shape index (κ1) is 14.8. The van der Waals surface area contributed by atoms with Crippen molar-refractivity contribution >= 4 is 23.5 Å². The molecule has 2 heterocycles. The number of hydrogen-bond acceptors (Lipinski definition) is 5. The largest absolute Gasteiger partial charge is 0.341 e. The molecule has 21 heavy (non-hydrogen) atoms. The zero-order valence-electron chi connectivity index (χ0n) is 12.8. The van der Waals surface area contributed by atoms with E-state index in [2.05, 4.69) is 26.7 Å². The normalized spacial score (nSPS) is 20.0. The predicted octanol–water partition coefficient (Wildman–Crippen LogP) is 3.28. The Bertz CT molecular complexity index is 469. The molecular formula is C15H24ClN5. The Kier molecular flexibility index (Phi) is 4.78. The van der Waals surface area contributed by atoms with Gasteiger partial charge in [0.15, 0.2) is 0 Å². The van der Waals surface area contributed by atoms with Crippen molar-refractivity contribution in [2.24, 2.45) is 0 Å². The molecule has 5 nitrogen and oxygen atoms in total. The highest BCUT2D eigenvalue weighted by atomic mass is 35.5. The van der Waals surface area contributed by atoms with Gasteiger partial charge in [0.1, 0.15) is 0 Å². The van der Waals surface area contributed by atoms with Crippen LogP contribution in [0.5, 0.6) is 0 Å². The summed E-state index contributed by atoms with van der Waals surface area (Å²) < 4.78 is 0. The van der Waals surface area contributed by atoms with E-state index < -0.39 is 0 Å². The van der Waals surface area contributed by atoms with Crippen molar-refractivity contribution < 1.29 is 0 Å². The van der Waals surface area contributed by atoms with Gasteiger partial charge in [-0.3, -0.25) is 0 Å².